The minimum atomic E-state index is 0. The number of benzene rings is 1. The molecule has 0 spiro atoms. The number of nitrogens with one attached hydrogen (secondary N) is 1. The molecule has 0 aliphatic rings. The molecule has 96 valence electrons. The van der Waals surface area contributed by atoms with E-state index in [-0.39, 0.29) is 12.4 Å². The van der Waals surface area contributed by atoms with Crippen LogP contribution in [-0.4, -0.2) is 32.2 Å². The number of thioether (sulfide) groups is 1. The van der Waals surface area contributed by atoms with E-state index in [1.807, 2.05) is 30.0 Å². The maximum atomic E-state index is 5.27. The Kier molecular flexibility index (Phi) is 10.1. The van der Waals surface area contributed by atoms with Crippen molar-refractivity contribution in [2.45, 2.75) is 0 Å². The molecule has 0 unspecified atom stereocenters. The summed E-state index contributed by atoms with van der Waals surface area (Å²) in [5.74, 6) is 2.07. The van der Waals surface area contributed by atoms with Crippen LogP contribution in [0.2, 0.25) is 0 Å². The number of ether oxygens (including phenoxy) is 1. The molecular weight excluding hydrogens is 254 g/mol. The fraction of sp³-hybridized carbons (Fsp3) is 0.385. The summed E-state index contributed by atoms with van der Waals surface area (Å²) >= 11 is 1.86. The summed E-state index contributed by atoms with van der Waals surface area (Å²) < 4.78 is 5.27. The van der Waals surface area contributed by atoms with Crippen LogP contribution in [0, 0.1) is 0 Å². The zero-order valence-electron chi connectivity index (χ0n) is 10.3. The van der Waals surface area contributed by atoms with Gasteiger partial charge in [-0.2, -0.15) is 11.8 Å². The van der Waals surface area contributed by atoms with Crippen LogP contribution < -0.4 is 10.1 Å². The molecule has 1 rings (SSSR count). The zero-order chi connectivity index (χ0) is 11.6. The molecule has 0 fully saturated rings. The van der Waals surface area contributed by atoms with Crippen LogP contribution >= 0.6 is 24.2 Å². The van der Waals surface area contributed by atoms with Gasteiger partial charge in [-0.15, -0.1) is 12.4 Å². The summed E-state index contributed by atoms with van der Waals surface area (Å²) in [5.41, 5.74) is 1.12. The highest BCUT2D eigenvalue weighted by Crippen LogP contribution is 2.18. The number of rotatable bonds is 7. The lowest BCUT2D eigenvalue weighted by molar-refractivity contribution is 0.414. The van der Waals surface area contributed by atoms with Crippen molar-refractivity contribution in [1.82, 2.24) is 5.32 Å². The smallest absolute Gasteiger partial charge is 0.126 e. The average molecular weight is 274 g/mol. The van der Waals surface area contributed by atoms with Gasteiger partial charge in [-0.1, -0.05) is 30.4 Å². The Morgan fingerprint density at radius 3 is 2.82 bits per heavy atom. The third-order valence-electron chi connectivity index (χ3n) is 2.18. The lowest BCUT2D eigenvalue weighted by Crippen LogP contribution is -2.16. The van der Waals surface area contributed by atoms with Gasteiger partial charge in [-0.3, -0.25) is 0 Å². The molecule has 2 nitrogen and oxygen atoms in total. The number of hydrogen-bond donors (Lipinski definition) is 1. The van der Waals surface area contributed by atoms with Gasteiger partial charge in [-0.05, 0) is 12.3 Å². The van der Waals surface area contributed by atoms with Crippen LogP contribution in [0.3, 0.4) is 0 Å². The SMILES string of the molecule is COc1ccccc1/C=C/CNCCSC.Cl. The Morgan fingerprint density at radius 2 is 2.12 bits per heavy atom. The quantitative estimate of drug-likeness (QED) is 0.772. The summed E-state index contributed by atoms with van der Waals surface area (Å²) in [6.07, 6.45) is 6.33. The van der Waals surface area contributed by atoms with Crippen molar-refractivity contribution in [3.63, 3.8) is 0 Å². The van der Waals surface area contributed by atoms with Gasteiger partial charge in [0.1, 0.15) is 5.75 Å². The lowest BCUT2D eigenvalue weighted by Gasteiger charge is -2.03. The van der Waals surface area contributed by atoms with Crippen LogP contribution in [0.5, 0.6) is 5.75 Å². The van der Waals surface area contributed by atoms with Gasteiger partial charge in [0, 0.05) is 24.4 Å². The summed E-state index contributed by atoms with van der Waals surface area (Å²) in [5, 5.41) is 3.35. The van der Waals surface area contributed by atoms with E-state index < -0.39 is 0 Å². The van der Waals surface area contributed by atoms with Crippen LogP contribution in [0.1, 0.15) is 5.56 Å². The van der Waals surface area contributed by atoms with Gasteiger partial charge in [0.15, 0.2) is 0 Å². The van der Waals surface area contributed by atoms with Crippen LogP contribution in [-0.2, 0) is 0 Å². The first-order valence-corrected chi connectivity index (χ1v) is 6.77. The first-order valence-electron chi connectivity index (χ1n) is 5.37. The van der Waals surface area contributed by atoms with E-state index in [2.05, 4.69) is 29.8 Å². The average Bonchev–Trinajstić information content (AvgIpc) is 2.34. The molecular formula is C13H20ClNOS. The van der Waals surface area contributed by atoms with E-state index in [0.29, 0.717) is 0 Å². The summed E-state index contributed by atoms with van der Waals surface area (Å²) in [4.78, 5) is 0. The Bertz CT molecular complexity index is 331. The first kappa shape index (κ1) is 16.4. The van der Waals surface area contributed by atoms with E-state index in [1.54, 1.807) is 7.11 Å². The molecule has 0 bridgehead atoms. The highest BCUT2D eigenvalue weighted by Gasteiger charge is 1.95. The molecule has 1 N–H and O–H groups in total. The van der Waals surface area contributed by atoms with Gasteiger partial charge in [0.25, 0.3) is 0 Å². The third-order valence-corrected chi connectivity index (χ3v) is 2.79. The molecule has 1 aromatic carbocycles. The van der Waals surface area contributed by atoms with Crippen LogP contribution in [0.15, 0.2) is 30.3 Å². The second-order valence-corrected chi connectivity index (χ2v) is 4.33. The highest BCUT2D eigenvalue weighted by atomic mass is 35.5. The largest absolute Gasteiger partial charge is 0.496 e. The predicted molar refractivity (Wildman–Crippen MR) is 80.5 cm³/mol. The summed E-state index contributed by atoms with van der Waals surface area (Å²) in [6.45, 7) is 1.95. The molecule has 0 amide bonds. The van der Waals surface area contributed by atoms with Gasteiger partial charge in [-0.25, -0.2) is 0 Å². The Hall–Kier alpha value is -0.640. The van der Waals surface area contributed by atoms with Crippen molar-refractivity contribution in [1.29, 1.82) is 0 Å². The number of para-hydroxylation sites is 1. The molecule has 0 saturated carbocycles. The van der Waals surface area contributed by atoms with Crippen molar-refractivity contribution < 1.29 is 4.74 Å². The topological polar surface area (TPSA) is 21.3 Å². The van der Waals surface area contributed by atoms with Crippen molar-refractivity contribution >= 4 is 30.2 Å². The first-order chi connectivity index (χ1) is 7.88. The molecule has 0 heterocycles. The fourth-order valence-electron chi connectivity index (χ4n) is 1.35. The van der Waals surface area contributed by atoms with Gasteiger partial charge in [0.2, 0.25) is 0 Å². The Labute approximate surface area is 114 Å². The monoisotopic (exact) mass is 273 g/mol. The lowest BCUT2D eigenvalue weighted by atomic mass is 10.2. The molecule has 0 saturated heterocycles. The minimum absolute atomic E-state index is 0. The van der Waals surface area contributed by atoms with Gasteiger partial charge >= 0.3 is 0 Å². The van der Waals surface area contributed by atoms with Crippen LogP contribution in [0.25, 0.3) is 6.08 Å². The Balaban J connectivity index is 0.00000256. The van der Waals surface area contributed by atoms with Crippen molar-refractivity contribution in [2.75, 3.05) is 32.2 Å². The van der Waals surface area contributed by atoms with Gasteiger partial charge in [0.05, 0.1) is 7.11 Å². The van der Waals surface area contributed by atoms with E-state index in [9.17, 15) is 0 Å². The number of hydrogen-bond acceptors (Lipinski definition) is 3. The van der Waals surface area contributed by atoms with Gasteiger partial charge < -0.3 is 10.1 Å². The Morgan fingerprint density at radius 1 is 1.35 bits per heavy atom. The molecule has 0 aliphatic carbocycles. The van der Waals surface area contributed by atoms with E-state index in [4.69, 9.17) is 4.74 Å². The third kappa shape index (κ3) is 6.61. The predicted octanol–water partition coefficient (Wildman–Crippen LogP) is 3.08. The molecule has 17 heavy (non-hydrogen) atoms. The summed E-state index contributed by atoms with van der Waals surface area (Å²) in [6, 6.07) is 8.02. The van der Waals surface area contributed by atoms with Crippen molar-refractivity contribution in [2.24, 2.45) is 0 Å². The molecule has 4 heteroatoms. The fourth-order valence-corrected chi connectivity index (χ4v) is 1.70. The summed E-state index contributed by atoms with van der Waals surface area (Å²) in [7, 11) is 1.70. The maximum Gasteiger partial charge on any atom is 0.126 e. The molecule has 0 aromatic heterocycles. The highest BCUT2D eigenvalue weighted by molar-refractivity contribution is 7.98. The minimum Gasteiger partial charge on any atom is -0.496 e. The van der Waals surface area contributed by atoms with E-state index in [1.165, 1.54) is 0 Å². The number of halogens is 1. The molecule has 0 radical (unpaired) electrons. The van der Waals surface area contributed by atoms with Crippen molar-refractivity contribution in [3.05, 3.63) is 35.9 Å². The number of methoxy groups -OCH3 is 1. The normalized spacial score (nSPS) is 10.2. The molecule has 0 aliphatic heterocycles. The maximum absolute atomic E-state index is 5.27. The second-order valence-electron chi connectivity index (χ2n) is 3.34. The second kappa shape index (κ2) is 10.5. The molecule has 0 atom stereocenters. The molecule has 1 aromatic rings. The van der Waals surface area contributed by atoms with E-state index in [0.717, 1.165) is 30.2 Å². The van der Waals surface area contributed by atoms with Crippen molar-refractivity contribution in [3.8, 4) is 5.75 Å². The van der Waals surface area contributed by atoms with Crippen LogP contribution in [0.4, 0.5) is 0 Å². The standard InChI is InChI=1S/C13H19NOS.ClH/c1-15-13-8-4-3-6-12(13)7-5-9-14-10-11-16-2;/h3-8,14H,9-11H2,1-2H3;1H/b7-5+;. The van der Waals surface area contributed by atoms with E-state index >= 15 is 0 Å². The zero-order valence-corrected chi connectivity index (χ0v) is 11.9.